The molecule has 0 aliphatic rings. The van der Waals surface area contributed by atoms with Gasteiger partial charge >= 0.3 is 11.9 Å². The maximum atomic E-state index is 13.0. The third kappa shape index (κ3) is 5.00. The zero-order valence-corrected chi connectivity index (χ0v) is 12.2. The lowest BCUT2D eigenvalue weighted by Gasteiger charge is -2.14. The molecular weight excluding hydrogens is 306 g/mol. The molecule has 0 aliphatic carbocycles. The topological polar surface area (TPSA) is 71.5 Å². The zero-order valence-electron chi connectivity index (χ0n) is 12.2. The number of nitrogens with zero attached hydrogens (tertiary/aromatic N) is 1. The SMILES string of the molecule is O=C(O)C(F)(F)CNCc1ccccc1OCc1ccccn1. The van der Waals surface area contributed by atoms with Crippen molar-refractivity contribution in [3.8, 4) is 5.75 Å². The van der Waals surface area contributed by atoms with Crippen molar-refractivity contribution in [2.75, 3.05) is 6.54 Å². The Morgan fingerprint density at radius 2 is 1.96 bits per heavy atom. The molecule has 1 aromatic heterocycles. The fraction of sp³-hybridized carbons (Fsp3) is 0.250. The number of carbonyl (C=O) groups is 1. The number of aliphatic carboxylic acids is 1. The number of carboxylic acid groups (broad SMARTS) is 1. The van der Waals surface area contributed by atoms with Gasteiger partial charge in [0, 0.05) is 18.3 Å². The number of alkyl halides is 2. The maximum absolute atomic E-state index is 13.0. The summed E-state index contributed by atoms with van der Waals surface area (Å²) in [5.41, 5.74) is 1.40. The van der Waals surface area contributed by atoms with Gasteiger partial charge in [0.05, 0.1) is 12.2 Å². The van der Waals surface area contributed by atoms with Crippen LogP contribution in [-0.4, -0.2) is 28.5 Å². The molecule has 122 valence electrons. The molecule has 2 aromatic rings. The second-order valence-corrected chi connectivity index (χ2v) is 4.83. The molecule has 0 fully saturated rings. The van der Waals surface area contributed by atoms with E-state index in [1.165, 1.54) is 0 Å². The number of aromatic nitrogens is 1. The predicted octanol–water partition coefficient (Wildman–Crippen LogP) is 2.47. The van der Waals surface area contributed by atoms with Crippen molar-refractivity contribution in [3.05, 3.63) is 59.9 Å². The fourth-order valence-electron chi connectivity index (χ4n) is 1.86. The predicted molar refractivity (Wildman–Crippen MR) is 79.3 cm³/mol. The van der Waals surface area contributed by atoms with Crippen molar-refractivity contribution in [3.63, 3.8) is 0 Å². The van der Waals surface area contributed by atoms with Gasteiger partial charge in [0.2, 0.25) is 0 Å². The smallest absolute Gasteiger partial charge is 0.375 e. The van der Waals surface area contributed by atoms with E-state index in [4.69, 9.17) is 9.84 Å². The van der Waals surface area contributed by atoms with Crippen LogP contribution in [0.4, 0.5) is 8.78 Å². The number of ether oxygens (including phenoxy) is 1. The molecular formula is C16H16F2N2O3. The summed E-state index contributed by atoms with van der Waals surface area (Å²) in [6.45, 7) is -0.624. The first-order chi connectivity index (χ1) is 11.0. The van der Waals surface area contributed by atoms with Gasteiger partial charge in [-0.1, -0.05) is 24.3 Å². The molecule has 7 heteroatoms. The van der Waals surface area contributed by atoms with Gasteiger partial charge in [-0.15, -0.1) is 0 Å². The van der Waals surface area contributed by atoms with Gasteiger partial charge < -0.3 is 15.2 Å². The van der Waals surface area contributed by atoms with Crippen molar-refractivity contribution in [1.29, 1.82) is 0 Å². The van der Waals surface area contributed by atoms with Crippen LogP contribution in [0.15, 0.2) is 48.7 Å². The number of pyridine rings is 1. The molecule has 0 unspecified atom stereocenters. The minimum Gasteiger partial charge on any atom is -0.487 e. The Morgan fingerprint density at radius 3 is 2.65 bits per heavy atom. The number of rotatable bonds is 8. The number of nitrogens with one attached hydrogen (secondary N) is 1. The van der Waals surface area contributed by atoms with Crippen molar-refractivity contribution >= 4 is 5.97 Å². The van der Waals surface area contributed by atoms with Crippen molar-refractivity contribution in [2.24, 2.45) is 0 Å². The number of carboxylic acids is 1. The molecule has 0 radical (unpaired) electrons. The molecule has 5 nitrogen and oxygen atoms in total. The van der Waals surface area contributed by atoms with Gasteiger partial charge in [-0.05, 0) is 18.2 Å². The van der Waals surface area contributed by atoms with Gasteiger partial charge in [0.15, 0.2) is 0 Å². The molecule has 23 heavy (non-hydrogen) atoms. The third-order valence-electron chi connectivity index (χ3n) is 3.05. The normalized spacial score (nSPS) is 11.2. The zero-order chi connectivity index (χ0) is 16.7. The fourth-order valence-corrected chi connectivity index (χ4v) is 1.86. The summed E-state index contributed by atoms with van der Waals surface area (Å²) in [6.07, 6.45) is 1.65. The highest BCUT2D eigenvalue weighted by molar-refractivity contribution is 5.75. The number of halogens is 2. The Bertz CT molecular complexity index is 651. The van der Waals surface area contributed by atoms with E-state index in [2.05, 4.69) is 10.3 Å². The van der Waals surface area contributed by atoms with Crippen molar-refractivity contribution in [1.82, 2.24) is 10.3 Å². The minimum atomic E-state index is -3.80. The van der Waals surface area contributed by atoms with Crippen LogP contribution in [0.1, 0.15) is 11.3 Å². The highest BCUT2D eigenvalue weighted by atomic mass is 19.3. The lowest BCUT2D eigenvalue weighted by molar-refractivity contribution is -0.164. The van der Waals surface area contributed by atoms with Crippen LogP contribution in [0.25, 0.3) is 0 Å². The molecule has 2 N–H and O–H groups in total. The van der Waals surface area contributed by atoms with Crippen molar-refractivity contribution in [2.45, 2.75) is 19.1 Å². The van der Waals surface area contributed by atoms with Crippen LogP contribution in [-0.2, 0) is 17.9 Å². The molecule has 0 aliphatic heterocycles. The van der Waals surface area contributed by atoms with E-state index in [-0.39, 0.29) is 13.2 Å². The van der Waals surface area contributed by atoms with E-state index in [0.717, 1.165) is 5.69 Å². The van der Waals surface area contributed by atoms with Crippen LogP contribution in [0.5, 0.6) is 5.75 Å². The number of hydrogen-bond donors (Lipinski definition) is 2. The van der Waals surface area contributed by atoms with E-state index in [9.17, 15) is 13.6 Å². The van der Waals surface area contributed by atoms with Gasteiger partial charge in [-0.2, -0.15) is 8.78 Å². The highest BCUT2D eigenvalue weighted by Gasteiger charge is 2.38. The Labute approximate surface area is 131 Å². The molecule has 0 saturated heterocycles. The van der Waals surface area contributed by atoms with Crippen LogP contribution >= 0.6 is 0 Å². The largest absolute Gasteiger partial charge is 0.487 e. The Balaban J connectivity index is 1.94. The summed E-state index contributed by atoms with van der Waals surface area (Å²) in [4.78, 5) is 14.5. The lowest BCUT2D eigenvalue weighted by Crippen LogP contribution is -2.39. The van der Waals surface area contributed by atoms with E-state index in [1.807, 2.05) is 12.1 Å². The highest BCUT2D eigenvalue weighted by Crippen LogP contribution is 2.19. The van der Waals surface area contributed by atoms with Crippen LogP contribution in [0.2, 0.25) is 0 Å². The Morgan fingerprint density at radius 1 is 1.22 bits per heavy atom. The van der Waals surface area contributed by atoms with Crippen LogP contribution in [0.3, 0.4) is 0 Å². The molecule has 2 rings (SSSR count). The first-order valence-electron chi connectivity index (χ1n) is 6.91. The van der Waals surface area contributed by atoms with Gasteiger partial charge in [-0.25, -0.2) is 4.79 Å². The molecule has 1 heterocycles. The number of para-hydroxylation sites is 1. The quantitative estimate of drug-likeness (QED) is 0.781. The molecule has 0 atom stereocenters. The molecule has 0 saturated carbocycles. The summed E-state index contributed by atoms with van der Waals surface area (Å²) in [5.74, 6) is -5.42. The molecule has 1 aromatic carbocycles. The first-order valence-corrected chi connectivity index (χ1v) is 6.91. The van der Waals surface area contributed by atoms with Gasteiger partial charge in [-0.3, -0.25) is 4.98 Å². The minimum absolute atomic E-state index is 0.0707. The van der Waals surface area contributed by atoms with E-state index >= 15 is 0 Å². The Hall–Kier alpha value is -2.54. The standard InChI is InChI=1S/C16H16F2N2O3/c17-16(18,15(21)22)11-19-9-12-5-1-2-7-14(12)23-10-13-6-3-4-8-20-13/h1-8,19H,9-11H2,(H,21,22). The summed E-state index contributed by atoms with van der Waals surface area (Å²) in [5, 5.41) is 10.8. The van der Waals surface area contributed by atoms with Crippen molar-refractivity contribution < 1.29 is 23.4 Å². The average Bonchev–Trinajstić information content (AvgIpc) is 2.54. The third-order valence-corrected chi connectivity index (χ3v) is 3.05. The number of benzene rings is 1. The summed E-state index contributed by atoms with van der Waals surface area (Å²) >= 11 is 0. The summed E-state index contributed by atoms with van der Waals surface area (Å²) in [7, 11) is 0. The van der Waals surface area contributed by atoms with Crippen LogP contribution in [0, 0.1) is 0 Å². The average molecular weight is 322 g/mol. The second kappa shape index (κ2) is 7.64. The second-order valence-electron chi connectivity index (χ2n) is 4.83. The van der Waals surface area contributed by atoms with E-state index in [1.54, 1.807) is 36.5 Å². The van der Waals surface area contributed by atoms with Gasteiger partial charge in [0.25, 0.3) is 0 Å². The monoisotopic (exact) mass is 322 g/mol. The maximum Gasteiger partial charge on any atom is 0.375 e. The summed E-state index contributed by atoms with van der Waals surface area (Å²) < 4.78 is 31.7. The Kier molecular flexibility index (Phi) is 5.59. The first kappa shape index (κ1) is 16.8. The molecule has 0 bridgehead atoms. The van der Waals surface area contributed by atoms with Crippen LogP contribution < -0.4 is 10.1 Å². The lowest BCUT2D eigenvalue weighted by atomic mass is 10.2. The van der Waals surface area contributed by atoms with E-state index < -0.39 is 18.4 Å². The van der Waals surface area contributed by atoms with Gasteiger partial charge in [0.1, 0.15) is 12.4 Å². The molecule has 0 spiro atoms. The summed E-state index contributed by atoms with van der Waals surface area (Å²) in [6, 6.07) is 12.4. The molecule has 0 amide bonds. The van der Waals surface area contributed by atoms with E-state index in [0.29, 0.717) is 11.3 Å². The number of hydrogen-bond acceptors (Lipinski definition) is 4.